The number of esters is 4. The van der Waals surface area contributed by atoms with E-state index in [9.17, 15) is 43.2 Å². The molecule has 0 saturated carbocycles. The second-order valence-corrected chi connectivity index (χ2v) is 29.6. The number of hydrogen-bond donors (Lipinski definition) is 3. The van der Waals surface area contributed by atoms with Gasteiger partial charge >= 0.3 is 39.5 Å². The van der Waals surface area contributed by atoms with Crippen molar-refractivity contribution in [3.8, 4) is 0 Å². The Labute approximate surface area is 597 Å². The van der Waals surface area contributed by atoms with Crippen molar-refractivity contribution >= 4 is 39.5 Å². The molecule has 0 aliphatic carbocycles. The van der Waals surface area contributed by atoms with E-state index in [0.717, 1.165) is 135 Å². The monoisotopic (exact) mass is 1430 g/mol. The zero-order valence-electron chi connectivity index (χ0n) is 62.5. The molecule has 19 heteroatoms. The highest BCUT2D eigenvalue weighted by molar-refractivity contribution is 7.47. The van der Waals surface area contributed by atoms with Crippen molar-refractivity contribution < 1.29 is 80.2 Å². The van der Waals surface area contributed by atoms with Crippen molar-refractivity contribution in [2.24, 2.45) is 0 Å². The van der Waals surface area contributed by atoms with E-state index in [1.165, 1.54) is 148 Å². The molecule has 17 nitrogen and oxygen atoms in total. The maximum atomic E-state index is 13.1. The maximum absolute atomic E-state index is 13.1. The Kier molecular flexibility index (Phi) is 69.7. The number of phosphoric acid groups is 2. The number of carbonyl (C=O) groups is 4. The van der Waals surface area contributed by atoms with Crippen LogP contribution in [0.4, 0.5) is 0 Å². The molecule has 0 bridgehead atoms. The summed E-state index contributed by atoms with van der Waals surface area (Å²) in [6, 6.07) is 0. The summed E-state index contributed by atoms with van der Waals surface area (Å²) in [4.78, 5) is 72.9. The number of rotatable bonds is 75. The van der Waals surface area contributed by atoms with Crippen molar-refractivity contribution in [2.75, 3.05) is 39.6 Å². The Morgan fingerprint density at radius 3 is 0.776 bits per heavy atom. The minimum atomic E-state index is -4.97. The highest BCUT2D eigenvalue weighted by Crippen LogP contribution is 2.45. The van der Waals surface area contributed by atoms with Crippen molar-refractivity contribution in [1.82, 2.24) is 0 Å². The van der Waals surface area contributed by atoms with Crippen LogP contribution in [0.2, 0.25) is 0 Å². The molecule has 0 aromatic heterocycles. The van der Waals surface area contributed by atoms with Gasteiger partial charge in [0.2, 0.25) is 0 Å². The fourth-order valence-electron chi connectivity index (χ4n) is 10.9. The summed E-state index contributed by atoms with van der Waals surface area (Å²) in [6.45, 7) is 4.85. The molecular formula is C79H144O17P2. The molecule has 0 heterocycles. The Hall–Kier alpha value is -3.24. The van der Waals surface area contributed by atoms with E-state index in [4.69, 9.17) is 37.0 Å². The normalized spacial score (nSPS) is 14.2. The number of ether oxygens (including phenoxy) is 4. The van der Waals surface area contributed by atoms with E-state index >= 15 is 0 Å². The third-order valence-electron chi connectivity index (χ3n) is 17.0. The first kappa shape index (κ1) is 94.8. The van der Waals surface area contributed by atoms with Crippen LogP contribution in [0.1, 0.15) is 362 Å². The summed E-state index contributed by atoms with van der Waals surface area (Å²) in [5, 5.41) is 10.6. The van der Waals surface area contributed by atoms with Gasteiger partial charge in [0, 0.05) is 25.7 Å². The number of unbranched alkanes of at least 4 members (excludes halogenated alkanes) is 41. The highest BCUT2D eigenvalue weighted by Gasteiger charge is 2.30. The van der Waals surface area contributed by atoms with Crippen LogP contribution in [0, 0.1) is 0 Å². The van der Waals surface area contributed by atoms with Crippen molar-refractivity contribution in [2.45, 2.75) is 380 Å². The van der Waals surface area contributed by atoms with E-state index in [2.05, 4.69) is 88.5 Å². The summed E-state index contributed by atoms with van der Waals surface area (Å²) in [7, 11) is -9.95. The Balaban J connectivity index is 5.35. The van der Waals surface area contributed by atoms with E-state index < -0.39 is 97.5 Å². The number of hydrogen-bond acceptors (Lipinski definition) is 15. The SMILES string of the molecule is CCCCCC/C=C\C=C/CCCCCCCC(=O)OC[C@H](COP(=O)(O)OC[C@H](O)COP(=O)(O)OC[C@@H](COC(=O)CCCCCCCCCCCCCCC)OC(=O)CCCCCCC/C=C\C=C/CCCCCC)OC(=O)CCCCCCC/C=C\CCCCCCCC. The number of phosphoric ester groups is 2. The molecule has 0 radical (unpaired) electrons. The largest absolute Gasteiger partial charge is 0.472 e. The van der Waals surface area contributed by atoms with Crippen LogP contribution in [0.5, 0.6) is 0 Å². The van der Waals surface area contributed by atoms with E-state index in [1.54, 1.807) is 0 Å². The van der Waals surface area contributed by atoms with Crippen LogP contribution < -0.4 is 0 Å². The van der Waals surface area contributed by atoms with Gasteiger partial charge in [0.15, 0.2) is 12.2 Å². The summed E-state index contributed by atoms with van der Waals surface area (Å²) >= 11 is 0. The number of aliphatic hydroxyl groups excluding tert-OH is 1. The first-order valence-corrected chi connectivity index (χ1v) is 42.6. The summed E-state index contributed by atoms with van der Waals surface area (Å²) < 4.78 is 68.5. The second-order valence-electron chi connectivity index (χ2n) is 26.7. The van der Waals surface area contributed by atoms with Crippen LogP contribution in [0.15, 0.2) is 60.8 Å². The third kappa shape index (κ3) is 71.2. The zero-order chi connectivity index (χ0) is 71.8. The van der Waals surface area contributed by atoms with Gasteiger partial charge < -0.3 is 33.8 Å². The van der Waals surface area contributed by atoms with Crippen LogP contribution in [-0.4, -0.2) is 96.7 Å². The molecule has 0 spiro atoms. The predicted octanol–water partition coefficient (Wildman–Crippen LogP) is 22.7. The van der Waals surface area contributed by atoms with E-state index in [0.29, 0.717) is 25.7 Å². The minimum absolute atomic E-state index is 0.0821. The van der Waals surface area contributed by atoms with Gasteiger partial charge in [-0.3, -0.25) is 37.3 Å². The maximum Gasteiger partial charge on any atom is 0.472 e. The summed E-state index contributed by atoms with van der Waals surface area (Å²) in [5.74, 6) is -2.19. The molecule has 572 valence electrons. The average molecular weight is 1430 g/mol. The van der Waals surface area contributed by atoms with Gasteiger partial charge in [-0.2, -0.15) is 0 Å². The number of carbonyl (C=O) groups excluding carboxylic acids is 4. The first-order valence-electron chi connectivity index (χ1n) is 39.6. The number of aliphatic hydroxyl groups is 1. The van der Waals surface area contributed by atoms with Crippen LogP contribution >= 0.6 is 15.6 Å². The van der Waals surface area contributed by atoms with Crippen LogP contribution in [0.3, 0.4) is 0 Å². The van der Waals surface area contributed by atoms with Gasteiger partial charge in [-0.15, -0.1) is 0 Å². The number of allylic oxidation sites excluding steroid dienone is 10. The fourth-order valence-corrected chi connectivity index (χ4v) is 12.5. The van der Waals surface area contributed by atoms with Crippen LogP contribution in [-0.2, 0) is 65.4 Å². The van der Waals surface area contributed by atoms with E-state index in [-0.39, 0.29) is 25.7 Å². The van der Waals surface area contributed by atoms with Crippen LogP contribution in [0.25, 0.3) is 0 Å². The lowest BCUT2D eigenvalue weighted by atomic mass is 10.0. The average Bonchev–Trinajstić information content (AvgIpc) is 1.04. The molecule has 3 N–H and O–H groups in total. The molecule has 0 amide bonds. The second kappa shape index (κ2) is 72.1. The molecule has 98 heavy (non-hydrogen) atoms. The van der Waals surface area contributed by atoms with Crippen molar-refractivity contribution in [3.63, 3.8) is 0 Å². The van der Waals surface area contributed by atoms with E-state index in [1.807, 2.05) is 0 Å². The highest BCUT2D eigenvalue weighted by atomic mass is 31.2. The Bertz CT molecular complexity index is 2100. The molecule has 5 atom stereocenters. The fraction of sp³-hybridized carbons (Fsp3) is 0.823. The smallest absolute Gasteiger partial charge is 0.462 e. The molecular weight excluding hydrogens is 1280 g/mol. The summed E-state index contributed by atoms with van der Waals surface area (Å²) in [6.07, 6.45) is 70.5. The van der Waals surface area contributed by atoms with Gasteiger partial charge in [-0.05, 0) is 103 Å². The molecule has 0 aromatic rings. The molecule has 2 unspecified atom stereocenters. The standard InChI is InChI=1S/C79H144O17P2/c1-5-9-13-17-21-25-29-33-36-40-44-48-52-56-60-64-77(82)90-70-75(96-79(84)66-62-58-54-50-46-42-38-35-31-27-23-19-15-11-7-3)72-94-98(87,88)92-68-73(80)67-91-97(85,86)93-71-74(69-89-76(81)63-59-55-51-47-43-39-32-28-24-20-16-12-8-4)95-78(83)65-61-57-53-49-45-41-37-34-30-26-22-18-14-10-6-2/h25-26,29-30,33-38,73-75,80H,5-24,27-28,31-32,39-72H2,1-4H3,(H,85,86)(H,87,88)/b29-25-,30-26-,36-33-,37-34-,38-35-/t73-,74-,75-/m1/s1. The van der Waals surface area contributed by atoms with Gasteiger partial charge in [0.25, 0.3) is 0 Å². The Morgan fingerprint density at radius 2 is 0.500 bits per heavy atom. The topological polar surface area (TPSA) is 237 Å². The lowest BCUT2D eigenvalue weighted by molar-refractivity contribution is -0.161. The van der Waals surface area contributed by atoms with Gasteiger partial charge in [-0.25, -0.2) is 9.13 Å². The van der Waals surface area contributed by atoms with Gasteiger partial charge in [0.1, 0.15) is 19.3 Å². The lowest BCUT2D eigenvalue weighted by Crippen LogP contribution is -2.30. The third-order valence-corrected chi connectivity index (χ3v) is 18.9. The lowest BCUT2D eigenvalue weighted by Gasteiger charge is -2.21. The molecule has 0 aliphatic rings. The Morgan fingerprint density at radius 1 is 0.286 bits per heavy atom. The molecule has 0 fully saturated rings. The molecule has 0 aromatic carbocycles. The first-order chi connectivity index (χ1) is 47.7. The molecule has 0 aliphatic heterocycles. The van der Waals surface area contributed by atoms with Gasteiger partial charge in [0.05, 0.1) is 26.4 Å². The minimum Gasteiger partial charge on any atom is -0.462 e. The van der Waals surface area contributed by atoms with Gasteiger partial charge in [-0.1, -0.05) is 294 Å². The van der Waals surface area contributed by atoms with Crippen molar-refractivity contribution in [1.29, 1.82) is 0 Å². The molecule has 0 saturated heterocycles. The zero-order valence-corrected chi connectivity index (χ0v) is 64.3. The molecule has 0 rings (SSSR count). The van der Waals surface area contributed by atoms with Crippen molar-refractivity contribution in [3.05, 3.63) is 60.8 Å². The predicted molar refractivity (Wildman–Crippen MR) is 400 cm³/mol. The summed E-state index contributed by atoms with van der Waals surface area (Å²) in [5.41, 5.74) is 0. The quantitative estimate of drug-likeness (QED) is 0.0128.